The topological polar surface area (TPSA) is 43.8 Å². The Labute approximate surface area is 131 Å². The van der Waals surface area contributed by atoms with Crippen molar-refractivity contribution >= 4 is 17.5 Å². The van der Waals surface area contributed by atoms with E-state index in [0.29, 0.717) is 19.5 Å². The maximum absolute atomic E-state index is 11.6. The molecule has 2 atom stereocenters. The van der Waals surface area contributed by atoms with E-state index in [1.807, 2.05) is 31.3 Å². The SMILES string of the molecule is CC(c1ccc(Cl)cc1)N(C)CC(O)CN1CCCC1=O. The number of β-amino-alcohol motifs (C(OH)–C–C–N with tert-alkyl or cyclic N) is 1. The van der Waals surface area contributed by atoms with Gasteiger partial charge < -0.3 is 10.0 Å². The summed E-state index contributed by atoms with van der Waals surface area (Å²) in [5.41, 5.74) is 1.16. The van der Waals surface area contributed by atoms with E-state index in [9.17, 15) is 9.90 Å². The number of aliphatic hydroxyl groups is 1. The van der Waals surface area contributed by atoms with Crippen molar-refractivity contribution in [1.82, 2.24) is 9.80 Å². The van der Waals surface area contributed by atoms with Crippen LogP contribution < -0.4 is 0 Å². The number of amides is 1. The Bertz CT molecular complexity index is 478. The Kier molecular flexibility index (Phi) is 5.62. The molecule has 1 aliphatic rings. The molecule has 0 bridgehead atoms. The molecule has 1 fully saturated rings. The smallest absolute Gasteiger partial charge is 0.222 e. The number of hydrogen-bond donors (Lipinski definition) is 1. The maximum Gasteiger partial charge on any atom is 0.222 e. The molecule has 1 saturated heterocycles. The third-order valence-corrected chi connectivity index (χ3v) is 4.37. The number of likely N-dealkylation sites (tertiary alicyclic amines) is 1. The molecule has 4 nitrogen and oxygen atoms in total. The van der Waals surface area contributed by atoms with Crippen LogP contribution in [0.1, 0.15) is 31.4 Å². The molecule has 2 unspecified atom stereocenters. The first-order chi connectivity index (χ1) is 9.97. The first kappa shape index (κ1) is 16.3. The van der Waals surface area contributed by atoms with Gasteiger partial charge in [0.15, 0.2) is 0 Å². The van der Waals surface area contributed by atoms with Gasteiger partial charge in [0.05, 0.1) is 6.10 Å². The summed E-state index contributed by atoms with van der Waals surface area (Å²) in [7, 11) is 1.98. The van der Waals surface area contributed by atoms with Gasteiger partial charge in [0.25, 0.3) is 0 Å². The lowest BCUT2D eigenvalue weighted by atomic mass is 10.1. The Morgan fingerprint density at radius 1 is 1.38 bits per heavy atom. The molecule has 0 aromatic heterocycles. The predicted molar refractivity (Wildman–Crippen MR) is 84.3 cm³/mol. The van der Waals surface area contributed by atoms with Gasteiger partial charge in [-0.3, -0.25) is 9.69 Å². The minimum Gasteiger partial charge on any atom is -0.390 e. The van der Waals surface area contributed by atoms with Gasteiger partial charge in [-0.05, 0) is 38.1 Å². The Balaban J connectivity index is 1.86. The van der Waals surface area contributed by atoms with Gasteiger partial charge in [-0.25, -0.2) is 0 Å². The fourth-order valence-corrected chi connectivity index (χ4v) is 2.82. The summed E-state index contributed by atoms with van der Waals surface area (Å²) >= 11 is 5.90. The number of carbonyl (C=O) groups is 1. The highest BCUT2D eigenvalue weighted by atomic mass is 35.5. The van der Waals surface area contributed by atoms with Crippen molar-refractivity contribution in [3.05, 3.63) is 34.9 Å². The van der Waals surface area contributed by atoms with Crippen LogP contribution in [0.3, 0.4) is 0 Å². The lowest BCUT2D eigenvalue weighted by molar-refractivity contribution is -0.129. The van der Waals surface area contributed by atoms with Gasteiger partial charge >= 0.3 is 0 Å². The quantitative estimate of drug-likeness (QED) is 0.877. The van der Waals surface area contributed by atoms with E-state index >= 15 is 0 Å². The molecule has 1 N–H and O–H groups in total. The standard InChI is InChI=1S/C16H23ClN2O2/c1-12(13-5-7-14(17)8-6-13)18(2)10-15(20)11-19-9-3-4-16(19)21/h5-8,12,15,20H,3-4,9-11H2,1-2H3. The fraction of sp³-hybridized carbons (Fsp3) is 0.562. The minimum atomic E-state index is -0.521. The molecule has 1 aromatic carbocycles. The summed E-state index contributed by atoms with van der Waals surface area (Å²) in [5, 5.41) is 10.9. The van der Waals surface area contributed by atoms with Crippen molar-refractivity contribution in [3.8, 4) is 0 Å². The van der Waals surface area contributed by atoms with Crippen LogP contribution >= 0.6 is 11.6 Å². The summed E-state index contributed by atoms with van der Waals surface area (Å²) in [6.07, 6.45) is 0.999. The number of carbonyl (C=O) groups excluding carboxylic acids is 1. The zero-order chi connectivity index (χ0) is 15.4. The van der Waals surface area contributed by atoms with Crippen LogP contribution in [-0.2, 0) is 4.79 Å². The molecule has 0 radical (unpaired) electrons. The highest BCUT2D eigenvalue weighted by Crippen LogP contribution is 2.21. The van der Waals surface area contributed by atoms with E-state index in [0.717, 1.165) is 23.6 Å². The highest BCUT2D eigenvalue weighted by Gasteiger charge is 2.24. The second-order valence-corrected chi connectivity index (χ2v) is 6.20. The Morgan fingerprint density at radius 2 is 2.05 bits per heavy atom. The summed E-state index contributed by atoms with van der Waals surface area (Å²) in [6, 6.07) is 7.94. The number of likely N-dealkylation sites (N-methyl/N-ethyl adjacent to an activating group) is 1. The molecule has 0 saturated carbocycles. The second kappa shape index (κ2) is 7.25. The molecule has 1 aliphatic heterocycles. The molecule has 5 heteroatoms. The van der Waals surface area contributed by atoms with Crippen molar-refractivity contribution in [1.29, 1.82) is 0 Å². The molecule has 0 spiro atoms. The van der Waals surface area contributed by atoms with Gasteiger partial charge in [0, 0.05) is 37.1 Å². The number of halogens is 1. The molecule has 1 heterocycles. The van der Waals surface area contributed by atoms with E-state index in [1.165, 1.54) is 0 Å². The fourth-order valence-electron chi connectivity index (χ4n) is 2.70. The molecule has 2 rings (SSSR count). The Morgan fingerprint density at radius 3 is 2.62 bits per heavy atom. The van der Waals surface area contributed by atoms with Crippen LogP contribution in [-0.4, -0.2) is 53.6 Å². The van der Waals surface area contributed by atoms with Crippen molar-refractivity contribution in [3.63, 3.8) is 0 Å². The minimum absolute atomic E-state index is 0.155. The number of benzene rings is 1. The van der Waals surface area contributed by atoms with E-state index < -0.39 is 6.10 Å². The van der Waals surface area contributed by atoms with Crippen molar-refractivity contribution in [2.75, 3.05) is 26.7 Å². The Hall–Kier alpha value is -1.10. The van der Waals surface area contributed by atoms with Gasteiger partial charge in [0.1, 0.15) is 0 Å². The highest BCUT2D eigenvalue weighted by molar-refractivity contribution is 6.30. The first-order valence-electron chi connectivity index (χ1n) is 7.39. The zero-order valence-electron chi connectivity index (χ0n) is 12.6. The van der Waals surface area contributed by atoms with E-state index in [1.54, 1.807) is 4.90 Å². The summed E-state index contributed by atoms with van der Waals surface area (Å²) in [5.74, 6) is 0.155. The monoisotopic (exact) mass is 310 g/mol. The molecular formula is C16H23ClN2O2. The average molecular weight is 311 g/mol. The molecule has 116 valence electrons. The predicted octanol–water partition coefficient (Wildman–Crippen LogP) is 2.32. The van der Waals surface area contributed by atoms with Crippen molar-refractivity contribution in [2.24, 2.45) is 0 Å². The third-order valence-electron chi connectivity index (χ3n) is 4.11. The van der Waals surface area contributed by atoms with Crippen LogP contribution in [0.15, 0.2) is 24.3 Å². The number of rotatable bonds is 6. The van der Waals surface area contributed by atoms with E-state index in [2.05, 4.69) is 11.8 Å². The first-order valence-corrected chi connectivity index (χ1v) is 7.76. The summed E-state index contributed by atoms with van der Waals surface area (Å²) < 4.78 is 0. The number of hydrogen-bond acceptors (Lipinski definition) is 3. The molecular weight excluding hydrogens is 288 g/mol. The average Bonchev–Trinajstić information content (AvgIpc) is 2.84. The van der Waals surface area contributed by atoms with Gasteiger partial charge in [-0.2, -0.15) is 0 Å². The van der Waals surface area contributed by atoms with Crippen molar-refractivity contribution < 1.29 is 9.90 Å². The molecule has 0 aliphatic carbocycles. The van der Waals surface area contributed by atoms with Crippen LogP contribution in [0.2, 0.25) is 5.02 Å². The lowest BCUT2D eigenvalue weighted by Gasteiger charge is -2.29. The summed E-state index contributed by atoms with van der Waals surface area (Å²) in [6.45, 7) is 3.83. The van der Waals surface area contributed by atoms with Crippen LogP contribution in [0, 0.1) is 0 Å². The normalized spacial score (nSPS) is 18.3. The van der Waals surface area contributed by atoms with Gasteiger partial charge in [0.2, 0.25) is 5.91 Å². The lowest BCUT2D eigenvalue weighted by Crippen LogP contribution is -2.40. The second-order valence-electron chi connectivity index (χ2n) is 5.76. The molecule has 1 amide bonds. The van der Waals surface area contributed by atoms with Crippen LogP contribution in [0.4, 0.5) is 0 Å². The van der Waals surface area contributed by atoms with E-state index in [4.69, 9.17) is 11.6 Å². The summed E-state index contributed by atoms with van der Waals surface area (Å²) in [4.78, 5) is 15.4. The maximum atomic E-state index is 11.6. The number of nitrogens with zero attached hydrogens (tertiary/aromatic N) is 2. The van der Waals surface area contributed by atoms with Crippen LogP contribution in [0.5, 0.6) is 0 Å². The zero-order valence-corrected chi connectivity index (χ0v) is 13.4. The van der Waals surface area contributed by atoms with E-state index in [-0.39, 0.29) is 11.9 Å². The largest absolute Gasteiger partial charge is 0.390 e. The third kappa shape index (κ3) is 4.43. The van der Waals surface area contributed by atoms with Gasteiger partial charge in [-0.15, -0.1) is 0 Å². The van der Waals surface area contributed by atoms with Gasteiger partial charge in [-0.1, -0.05) is 23.7 Å². The van der Waals surface area contributed by atoms with Crippen LogP contribution in [0.25, 0.3) is 0 Å². The molecule has 1 aromatic rings. The van der Waals surface area contributed by atoms with Crippen molar-refractivity contribution in [2.45, 2.75) is 31.9 Å². The molecule has 21 heavy (non-hydrogen) atoms. The number of aliphatic hydroxyl groups excluding tert-OH is 1.